The van der Waals surface area contributed by atoms with E-state index >= 15 is 0 Å². The van der Waals surface area contributed by atoms with Crippen LogP contribution in [0.25, 0.3) is 18.2 Å². The molecule has 3 rings (SSSR count). The Kier molecular flexibility index (Phi) is 13.0. The third-order valence-corrected chi connectivity index (χ3v) is 7.91. The molecule has 0 fully saturated rings. The van der Waals surface area contributed by atoms with Crippen LogP contribution in [0.1, 0.15) is 116 Å². The molecule has 3 aromatic carbocycles. The summed E-state index contributed by atoms with van der Waals surface area (Å²) in [5.74, 6) is 0. The van der Waals surface area contributed by atoms with Crippen molar-refractivity contribution in [3.05, 3.63) is 123 Å². The van der Waals surface area contributed by atoms with Crippen molar-refractivity contribution in [2.45, 2.75) is 99.3 Å². The van der Waals surface area contributed by atoms with Gasteiger partial charge in [0.2, 0.25) is 0 Å². The van der Waals surface area contributed by atoms with Gasteiger partial charge in [0, 0.05) is 0 Å². The van der Waals surface area contributed by atoms with E-state index in [9.17, 15) is 0 Å². The van der Waals surface area contributed by atoms with Crippen LogP contribution in [-0.2, 0) is 30.2 Å². The van der Waals surface area contributed by atoms with E-state index in [1.807, 2.05) is 0 Å². The van der Waals surface area contributed by atoms with E-state index in [1.165, 1.54) is 16.7 Å². The fraction of sp³-hybridized carbons (Fsp3) is 0.429. The molecule has 0 aromatic heterocycles. The molecule has 4 heteroatoms. The van der Waals surface area contributed by atoms with E-state index in [4.69, 9.17) is 14.0 Å². The van der Waals surface area contributed by atoms with Gasteiger partial charge in [-0.3, -0.25) is 0 Å². The Morgan fingerprint density at radius 3 is 0.848 bits per heavy atom. The molecule has 0 aliphatic carbocycles. The fourth-order valence-electron chi connectivity index (χ4n) is 4.96. The lowest BCUT2D eigenvalue weighted by atomic mass is 9.86. The highest BCUT2D eigenvalue weighted by molar-refractivity contribution is 6.36. The van der Waals surface area contributed by atoms with Crippen LogP contribution in [0.5, 0.6) is 0 Å². The predicted molar refractivity (Wildman–Crippen MR) is 200 cm³/mol. The van der Waals surface area contributed by atoms with Crippen LogP contribution in [0.15, 0.2) is 89.5 Å². The molecular weight excluding hydrogens is 563 g/mol. The van der Waals surface area contributed by atoms with Gasteiger partial charge in [-0.05, 0) is 87.1 Å². The Labute approximate surface area is 281 Å². The summed E-state index contributed by atoms with van der Waals surface area (Å²) < 4.78 is 18.6. The molecule has 0 atom stereocenters. The van der Waals surface area contributed by atoms with Gasteiger partial charge in [-0.25, -0.2) is 0 Å². The van der Waals surface area contributed by atoms with Crippen LogP contribution in [0.3, 0.4) is 0 Å². The Balaban J connectivity index is 1.68. The van der Waals surface area contributed by atoms with Crippen molar-refractivity contribution < 1.29 is 14.0 Å². The first-order chi connectivity index (χ1) is 21.4. The van der Waals surface area contributed by atoms with Gasteiger partial charge in [-0.15, -0.1) is 0 Å². The molecule has 0 saturated heterocycles. The summed E-state index contributed by atoms with van der Waals surface area (Å²) in [5, 5.41) is 0. The minimum atomic E-state index is -0.801. The second kappa shape index (κ2) is 16.1. The van der Waals surface area contributed by atoms with Gasteiger partial charge < -0.3 is 14.0 Å². The molecule has 0 aliphatic rings. The molecule has 3 aromatic rings. The summed E-state index contributed by atoms with van der Waals surface area (Å²) in [5.41, 5.74) is 11.1. The number of hydrogen-bond acceptors (Lipinski definition) is 3. The van der Waals surface area contributed by atoms with E-state index in [0.717, 1.165) is 33.4 Å². The second-order valence-electron chi connectivity index (χ2n) is 15.8. The Morgan fingerprint density at radius 1 is 0.435 bits per heavy atom. The van der Waals surface area contributed by atoms with Gasteiger partial charge in [0.25, 0.3) is 0 Å². The summed E-state index contributed by atoms with van der Waals surface area (Å²) in [6, 6.07) is 26.2. The quantitative estimate of drug-likeness (QED) is 0.189. The zero-order valence-corrected chi connectivity index (χ0v) is 30.6. The minimum absolute atomic E-state index is 0.132. The van der Waals surface area contributed by atoms with Crippen LogP contribution in [0.2, 0.25) is 0 Å². The zero-order valence-electron chi connectivity index (χ0n) is 30.6. The van der Waals surface area contributed by atoms with E-state index in [0.29, 0.717) is 19.8 Å². The molecule has 0 spiro atoms. The predicted octanol–water partition coefficient (Wildman–Crippen LogP) is 11.2. The van der Waals surface area contributed by atoms with Gasteiger partial charge in [-0.2, -0.15) is 0 Å². The molecule has 0 amide bonds. The van der Waals surface area contributed by atoms with Crippen LogP contribution < -0.4 is 0 Å². The summed E-state index contributed by atoms with van der Waals surface area (Å²) >= 11 is 0. The molecule has 246 valence electrons. The third kappa shape index (κ3) is 12.6. The van der Waals surface area contributed by atoms with Crippen LogP contribution in [0, 0.1) is 0 Å². The van der Waals surface area contributed by atoms with Crippen LogP contribution in [-0.4, -0.2) is 27.1 Å². The third-order valence-electron chi connectivity index (χ3n) is 7.91. The first-order valence-corrected chi connectivity index (χ1v) is 16.6. The van der Waals surface area contributed by atoms with Crippen molar-refractivity contribution in [1.82, 2.24) is 0 Å². The van der Waals surface area contributed by atoms with Gasteiger partial charge in [0.05, 0.1) is 19.8 Å². The van der Waals surface area contributed by atoms with Crippen molar-refractivity contribution in [3.8, 4) is 0 Å². The van der Waals surface area contributed by atoms with E-state index < -0.39 is 7.32 Å². The van der Waals surface area contributed by atoms with Gasteiger partial charge in [-0.1, -0.05) is 153 Å². The molecule has 46 heavy (non-hydrogen) atoms. The topological polar surface area (TPSA) is 27.7 Å². The Bertz CT molecular complexity index is 1290. The molecular formula is C42H57BO3. The van der Waals surface area contributed by atoms with Gasteiger partial charge in [0.15, 0.2) is 0 Å². The molecule has 0 N–H and O–H groups in total. The maximum Gasteiger partial charge on any atom is 0.640 e. The van der Waals surface area contributed by atoms with Gasteiger partial charge in [0.1, 0.15) is 0 Å². The Morgan fingerprint density at radius 2 is 0.652 bits per heavy atom. The van der Waals surface area contributed by atoms with Crippen molar-refractivity contribution in [1.29, 1.82) is 0 Å². The molecule has 0 aliphatic heterocycles. The minimum Gasteiger partial charge on any atom is -0.382 e. The van der Waals surface area contributed by atoms with Crippen molar-refractivity contribution in [2.24, 2.45) is 0 Å². The Hall–Kier alpha value is -3.18. The second-order valence-corrected chi connectivity index (χ2v) is 15.8. The van der Waals surface area contributed by atoms with Crippen molar-refractivity contribution in [3.63, 3.8) is 0 Å². The lowest BCUT2D eigenvalue weighted by Gasteiger charge is -2.19. The zero-order chi connectivity index (χ0) is 34.1. The average molecular weight is 621 g/mol. The lowest BCUT2D eigenvalue weighted by molar-refractivity contribution is 0.117. The first-order valence-electron chi connectivity index (χ1n) is 16.6. The molecule has 0 saturated carbocycles. The smallest absolute Gasteiger partial charge is 0.382 e. The van der Waals surface area contributed by atoms with Crippen LogP contribution >= 0.6 is 0 Å². The van der Waals surface area contributed by atoms with Crippen molar-refractivity contribution in [2.75, 3.05) is 19.8 Å². The summed E-state index contributed by atoms with van der Waals surface area (Å²) in [4.78, 5) is 0. The monoisotopic (exact) mass is 620 g/mol. The first kappa shape index (κ1) is 37.3. The summed E-state index contributed by atoms with van der Waals surface area (Å²) in [6.45, 7) is 27.5. The molecule has 3 nitrogen and oxygen atoms in total. The molecule has 0 radical (unpaired) electrons. The summed E-state index contributed by atoms with van der Waals surface area (Å²) in [6.07, 6.45) is 6.47. The summed E-state index contributed by atoms with van der Waals surface area (Å²) in [7, 11) is -0.801. The van der Waals surface area contributed by atoms with E-state index in [2.05, 4.69) is 174 Å². The lowest BCUT2D eigenvalue weighted by Crippen LogP contribution is -2.29. The highest BCUT2D eigenvalue weighted by atomic mass is 16.7. The largest absolute Gasteiger partial charge is 0.640 e. The number of rotatable bonds is 12. The standard InChI is InChI=1S/C42H57BO3/c1-31(25-34-13-19-37(20-14-34)40(4,5)6)28-44-43(45-29-32(2)26-35-15-21-38(22-16-35)41(7,8)9)46-30-33(3)27-36-17-23-39(24-18-36)42(10,11)12/h13-27H,28-30H2,1-12H3/b31-25+,32-26+,33-27+. The fourth-order valence-corrected chi connectivity index (χ4v) is 4.96. The van der Waals surface area contributed by atoms with Gasteiger partial charge >= 0.3 is 7.32 Å². The highest BCUT2D eigenvalue weighted by Crippen LogP contribution is 2.25. The van der Waals surface area contributed by atoms with Crippen molar-refractivity contribution >= 4 is 25.5 Å². The number of hydrogen-bond donors (Lipinski definition) is 0. The van der Waals surface area contributed by atoms with E-state index in [-0.39, 0.29) is 16.2 Å². The normalized spacial score (nSPS) is 13.7. The average Bonchev–Trinajstić information content (AvgIpc) is 2.96. The van der Waals surface area contributed by atoms with Crippen LogP contribution in [0.4, 0.5) is 0 Å². The number of benzene rings is 3. The molecule has 0 heterocycles. The maximum atomic E-state index is 6.19. The molecule has 0 unspecified atom stereocenters. The SMILES string of the molecule is C/C(=C\c1ccc(C(C)(C)C)cc1)COB(OC/C(C)=C/c1ccc(C(C)(C)C)cc1)OC/C(C)=C/c1ccc(C(C)(C)C)cc1. The maximum absolute atomic E-state index is 6.19. The highest BCUT2D eigenvalue weighted by Gasteiger charge is 2.22. The van der Waals surface area contributed by atoms with E-state index in [1.54, 1.807) is 0 Å². The molecule has 0 bridgehead atoms.